The second-order valence-electron chi connectivity index (χ2n) is 5.55. The summed E-state index contributed by atoms with van der Waals surface area (Å²) >= 11 is 0. The molecule has 0 fully saturated rings. The van der Waals surface area contributed by atoms with Gasteiger partial charge in [0.15, 0.2) is 0 Å². The maximum atomic E-state index is 4.43. The van der Waals surface area contributed by atoms with Gasteiger partial charge in [-0.1, -0.05) is 47.4 Å². The van der Waals surface area contributed by atoms with Gasteiger partial charge in [-0.25, -0.2) is 0 Å². The van der Waals surface area contributed by atoms with Crippen LogP contribution in [0.4, 0.5) is 0 Å². The van der Waals surface area contributed by atoms with Gasteiger partial charge in [0.1, 0.15) is 0 Å². The molecular weight excluding hydrogens is 178 g/mol. The van der Waals surface area contributed by atoms with Gasteiger partial charge >= 0.3 is 0 Å². The quantitative estimate of drug-likeness (QED) is 0.368. The SMILES string of the molecule is C=S(C=NCC(C)(C)C)C(C)(C)C. The van der Waals surface area contributed by atoms with Crippen molar-refractivity contribution < 1.29 is 0 Å². The average Bonchev–Trinajstić information content (AvgIpc) is 1.82. The number of hydrogen-bond donors (Lipinski definition) is 0. The first-order valence-corrected chi connectivity index (χ1v) is 6.11. The molecule has 2 heteroatoms. The van der Waals surface area contributed by atoms with Crippen molar-refractivity contribution in [1.82, 2.24) is 0 Å². The summed E-state index contributed by atoms with van der Waals surface area (Å²) in [4.78, 5) is 4.43. The first-order chi connectivity index (χ1) is 5.63. The van der Waals surface area contributed by atoms with Crippen LogP contribution in [0.15, 0.2) is 4.99 Å². The van der Waals surface area contributed by atoms with Crippen LogP contribution in [-0.4, -0.2) is 22.7 Å². The molecule has 0 aliphatic rings. The van der Waals surface area contributed by atoms with Crippen molar-refractivity contribution in [2.45, 2.75) is 46.3 Å². The summed E-state index contributed by atoms with van der Waals surface area (Å²) in [5, 5.41) is 0. The molecule has 0 aromatic rings. The zero-order valence-electron chi connectivity index (χ0n) is 9.85. The van der Waals surface area contributed by atoms with Crippen molar-refractivity contribution in [3.8, 4) is 0 Å². The summed E-state index contributed by atoms with van der Waals surface area (Å²) < 4.78 is 0.251. The van der Waals surface area contributed by atoms with Crippen molar-refractivity contribution in [3.05, 3.63) is 0 Å². The van der Waals surface area contributed by atoms with E-state index in [1.807, 2.05) is 5.55 Å². The molecule has 0 bridgehead atoms. The van der Waals surface area contributed by atoms with Crippen LogP contribution < -0.4 is 0 Å². The predicted molar refractivity (Wildman–Crippen MR) is 67.3 cm³/mol. The van der Waals surface area contributed by atoms with Gasteiger partial charge in [-0.3, -0.25) is 4.99 Å². The van der Waals surface area contributed by atoms with Gasteiger partial charge in [0.25, 0.3) is 0 Å². The van der Waals surface area contributed by atoms with Crippen molar-refractivity contribution in [2.75, 3.05) is 6.54 Å². The lowest BCUT2D eigenvalue weighted by Crippen LogP contribution is -2.12. The van der Waals surface area contributed by atoms with Gasteiger partial charge < -0.3 is 0 Å². The molecular formula is C11H23NS. The molecule has 0 aromatic carbocycles. The lowest BCUT2D eigenvalue weighted by molar-refractivity contribution is 0.430. The first-order valence-electron chi connectivity index (χ1n) is 4.66. The second-order valence-corrected chi connectivity index (χ2v) is 7.84. The minimum absolute atomic E-state index is 0.0363. The van der Waals surface area contributed by atoms with Crippen LogP contribution in [0.25, 0.3) is 0 Å². The Morgan fingerprint density at radius 3 is 1.92 bits per heavy atom. The highest BCUT2D eigenvalue weighted by molar-refractivity contribution is 8.26. The van der Waals surface area contributed by atoms with E-state index in [4.69, 9.17) is 0 Å². The second kappa shape index (κ2) is 4.41. The topological polar surface area (TPSA) is 12.4 Å². The summed E-state index contributed by atoms with van der Waals surface area (Å²) in [5.41, 5.74) is 2.31. The zero-order valence-corrected chi connectivity index (χ0v) is 10.7. The van der Waals surface area contributed by atoms with Crippen LogP contribution in [0.2, 0.25) is 0 Å². The highest BCUT2D eigenvalue weighted by atomic mass is 32.2. The molecule has 1 nitrogen and oxygen atoms in total. The molecule has 0 amide bonds. The summed E-state index contributed by atoms with van der Waals surface area (Å²) in [6.45, 7) is 14.1. The highest BCUT2D eigenvalue weighted by Crippen LogP contribution is 2.27. The highest BCUT2D eigenvalue weighted by Gasteiger charge is 2.12. The van der Waals surface area contributed by atoms with Crippen LogP contribution in [0.3, 0.4) is 0 Å². The maximum Gasteiger partial charge on any atom is 0.0486 e. The molecule has 0 radical (unpaired) electrons. The first kappa shape index (κ1) is 12.9. The van der Waals surface area contributed by atoms with Gasteiger partial charge in [0, 0.05) is 16.8 Å². The number of aliphatic imine (C=N–C) groups is 1. The molecule has 78 valence electrons. The molecule has 0 heterocycles. The van der Waals surface area contributed by atoms with Gasteiger partial charge in [-0.15, -0.1) is 10.5 Å². The summed E-state index contributed by atoms with van der Waals surface area (Å²) in [7, 11) is 0.0363. The molecule has 0 aromatic heterocycles. The molecule has 0 N–H and O–H groups in total. The Morgan fingerprint density at radius 1 is 1.15 bits per heavy atom. The minimum Gasteiger partial charge on any atom is -0.286 e. The van der Waals surface area contributed by atoms with E-state index in [1.165, 1.54) is 0 Å². The molecule has 0 saturated heterocycles. The fourth-order valence-corrected chi connectivity index (χ4v) is 1.13. The molecule has 1 atom stereocenters. The van der Waals surface area contributed by atoms with Crippen LogP contribution in [0, 0.1) is 5.41 Å². The van der Waals surface area contributed by atoms with Gasteiger partial charge in [-0.2, -0.15) is 0 Å². The van der Waals surface area contributed by atoms with Crippen LogP contribution in [0.5, 0.6) is 0 Å². The largest absolute Gasteiger partial charge is 0.286 e. The Kier molecular flexibility index (Phi) is 4.37. The minimum atomic E-state index is 0.0363. The van der Waals surface area contributed by atoms with Crippen molar-refractivity contribution in [3.63, 3.8) is 0 Å². The Balaban J connectivity index is 4.09. The fraction of sp³-hybridized carbons (Fsp3) is 0.818. The summed E-state index contributed by atoms with van der Waals surface area (Å²) in [5.74, 6) is 4.11. The smallest absolute Gasteiger partial charge is 0.0486 e. The van der Waals surface area contributed by atoms with E-state index < -0.39 is 0 Å². The van der Waals surface area contributed by atoms with E-state index in [2.05, 4.69) is 52.4 Å². The average molecular weight is 201 g/mol. The van der Waals surface area contributed by atoms with E-state index in [0.717, 1.165) is 6.54 Å². The Bertz CT molecular complexity index is 203. The van der Waals surface area contributed by atoms with Crippen molar-refractivity contribution in [1.29, 1.82) is 0 Å². The van der Waals surface area contributed by atoms with Gasteiger partial charge in [-0.05, 0) is 5.41 Å². The summed E-state index contributed by atoms with van der Waals surface area (Å²) in [6, 6.07) is 0. The van der Waals surface area contributed by atoms with E-state index in [9.17, 15) is 0 Å². The standard InChI is InChI=1S/C11H23NS/c1-10(2,3)8-12-9-13(7)11(4,5)6/h9H,7-8H2,1-6H3. The monoisotopic (exact) mass is 201 g/mol. The lowest BCUT2D eigenvalue weighted by atomic mass is 9.98. The van der Waals surface area contributed by atoms with E-state index in [0.29, 0.717) is 5.41 Å². The Morgan fingerprint density at radius 2 is 1.62 bits per heavy atom. The van der Waals surface area contributed by atoms with Crippen LogP contribution in [-0.2, 0) is 0 Å². The summed E-state index contributed by atoms with van der Waals surface area (Å²) in [6.07, 6.45) is 0. The molecule has 0 aliphatic heterocycles. The van der Waals surface area contributed by atoms with Gasteiger partial charge in [0.05, 0.1) is 0 Å². The molecule has 0 rings (SSSR count). The molecule has 0 aliphatic carbocycles. The van der Waals surface area contributed by atoms with Crippen LogP contribution in [0.1, 0.15) is 41.5 Å². The third-order valence-corrected chi connectivity index (χ3v) is 3.53. The maximum absolute atomic E-state index is 4.43. The zero-order chi connectivity index (χ0) is 10.7. The third kappa shape index (κ3) is 7.00. The third-order valence-electron chi connectivity index (χ3n) is 1.55. The number of hydrogen-bond acceptors (Lipinski definition) is 1. The lowest BCUT2D eigenvalue weighted by Gasteiger charge is -2.20. The number of rotatable bonds is 2. The predicted octanol–water partition coefficient (Wildman–Crippen LogP) is 3.56. The molecule has 1 unspecified atom stereocenters. The van der Waals surface area contributed by atoms with Crippen molar-refractivity contribution >= 4 is 21.9 Å². The van der Waals surface area contributed by atoms with E-state index in [1.54, 1.807) is 0 Å². The Hall–Kier alpha value is -0.110. The molecule has 0 spiro atoms. The Labute approximate surface area is 85.6 Å². The fourth-order valence-electron chi connectivity index (χ4n) is 0.559. The van der Waals surface area contributed by atoms with Crippen molar-refractivity contribution in [2.24, 2.45) is 10.4 Å². The normalized spacial score (nSPS) is 16.5. The molecule has 13 heavy (non-hydrogen) atoms. The molecule has 0 saturated carbocycles. The number of nitrogens with zero attached hydrogens (tertiary/aromatic N) is 1. The van der Waals surface area contributed by atoms with Gasteiger partial charge in [0.2, 0.25) is 0 Å². The van der Waals surface area contributed by atoms with E-state index >= 15 is 0 Å². The van der Waals surface area contributed by atoms with E-state index in [-0.39, 0.29) is 15.2 Å². The van der Waals surface area contributed by atoms with Crippen LogP contribution >= 0.6 is 10.5 Å².